The Morgan fingerprint density at radius 1 is 1.50 bits per heavy atom. The fourth-order valence-corrected chi connectivity index (χ4v) is 1.77. The second-order valence-corrected chi connectivity index (χ2v) is 3.98. The first kappa shape index (κ1) is 11.2. The van der Waals surface area contributed by atoms with Crippen LogP contribution < -0.4 is 5.73 Å². The molecule has 0 aliphatic carbocycles. The van der Waals surface area contributed by atoms with Crippen molar-refractivity contribution in [3.05, 3.63) is 0 Å². The van der Waals surface area contributed by atoms with Crippen molar-refractivity contribution in [1.29, 1.82) is 0 Å². The normalized spacial score (nSPS) is 15.6. The zero-order valence-electron chi connectivity index (χ0n) is 8.53. The van der Waals surface area contributed by atoms with E-state index in [9.17, 15) is 4.79 Å². The van der Waals surface area contributed by atoms with Crippen molar-refractivity contribution in [2.24, 2.45) is 5.73 Å². The Balaban J connectivity index is 2.50. The van der Waals surface area contributed by atoms with E-state index < -0.39 is 0 Å². The van der Waals surface area contributed by atoms with Crippen LogP contribution in [-0.2, 0) is 0 Å². The van der Waals surface area contributed by atoms with E-state index in [1.807, 2.05) is 11.8 Å². The van der Waals surface area contributed by atoms with E-state index in [-0.39, 0.29) is 6.03 Å². The molecular formula is C9H17N3OS. The maximum Gasteiger partial charge on any atom is 0.320 e. The van der Waals surface area contributed by atoms with Gasteiger partial charge in [-0.3, -0.25) is 0 Å². The Bertz CT molecular complexity index is 226. The van der Waals surface area contributed by atoms with E-state index in [4.69, 9.17) is 18.0 Å². The molecule has 0 radical (unpaired) electrons. The Morgan fingerprint density at radius 3 is 2.50 bits per heavy atom. The van der Waals surface area contributed by atoms with Gasteiger partial charge in [-0.1, -0.05) is 12.2 Å². The van der Waals surface area contributed by atoms with Crippen LogP contribution in [0.15, 0.2) is 0 Å². The summed E-state index contributed by atoms with van der Waals surface area (Å²) in [6.45, 7) is 4.72. The molecular weight excluding hydrogens is 198 g/mol. The number of likely N-dealkylation sites (tertiary alicyclic amines) is 1. The van der Waals surface area contributed by atoms with Gasteiger partial charge in [0, 0.05) is 19.6 Å². The highest BCUT2D eigenvalue weighted by atomic mass is 32.1. The number of hydrogen-bond acceptors (Lipinski definition) is 2. The lowest BCUT2D eigenvalue weighted by Crippen LogP contribution is -2.45. The lowest BCUT2D eigenvalue weighted by molar-refractivity contribution is 0.171. The van der Waals surface area contributed by atoms with E-state index in [1.54, 1.807) is 4.90 Å². The monoisotopic (exact) mass is 215 g/mol. The van der Waals surface area contributed by atoms with Crippen molar-refractivity contribution >= 4 is 23.2 Å². The van der Waals surface area contributed by atoms with Crippen LogP contribution in [0.5, 0.6) is 0 Å². The molecule has 0 aromatic rings. The molecule has 0 spiro atoms. The molecule has 0 saturated carbocycles. The zero-order chi connectivity index (χ0) is 10.6. The molecule has 2 amide bonds. The van der Waals surface area contributed by atoms with Crippen LogP contribution >= 0.6 is 12.2 Å². The molecule has 1 rings (SSSR count). The molecule has 14 heavy (non-hydrogen) atoms. The molecule has 4 nitrogen and oxygen atoms in total. The fraction of sp³-hybridized carbons (Fsp3) is 0.778. The van der Waals surface area contributed by atoms with E-state index in [0.29, 0.717) is 18.1 Å². The second kappa shape index (κ2) is 5.14. The molecule has 80 valence electrons. The highest BCUT2D eigenvalue weighted by molar-refractivity contribution is 7.80. The lowest BCUT2D eigenvalue weighted by Gasteiger charge is -2.26. The Labute approximate surface area is 90.0 Å². The minimum Gasteiger partial charge on any atom is -0.392 e. The molecule has 0 aromatic carbocycles. The summed E-state index contributed by atoms with van der Waals surface area (Å²) in [7, 11) is 0. The van der Waals surface area contributed by atoms with Crippen LogP contribution in [0, 0.1) is 0 Å². The number of carbonyl (C=O) groups is 1. The first-order chi connectivity index (χ1) is 6.65. The number of urea groups is 1. The topological polar surface area (TPSA) is 49.6 Å². The summed E-state index contributed by atoms with van der Waals surface area (Å²) in [6.07, 6.45) is 2.22. The van der Waals surface area contributed by atoms with Gasteiger partial charge in [0.05, 0.1) is 11.5 Å². The van der Waals surface area contributed by atoms with Crippen LogP contribution in [0.25, 0.3) is 0 Å². The van der Waals surface area contributed by atoms with Crippen LogP contribution in [-0.4, -0.2) is 47.0 Å². The molecule has 5 heteroatoms. The van der Waals surface area contributed by atoms with Crippen molar-refractivity contribution in [2.45, 2.75) is 19.8 Å². The number of thiocarbonyl (C=S) groups is 1. The molecule has 1 saturated heterocycles. The molecule has 1 heterocycles. The smallest absolute Gasteiger partial charge is 0.320 e. The highest BCUT2D eigenvalue weighted by Crippen LogP contribution is 2.10. The molecule has 1 aliphatic heterocycles. The summed E-state index contributed by atoms with van der Waals surface area (Å²) in [5.41, 5.74) is 5.42. The first-order valence-corrected chi connectivity index (χ1v) is 5.38. The van der Waals surface area contributed by atoms with Gasteiger partial charge < -0.3 is 15.5 Å². The Kier molecular flexibility index (Phi) is 4.13. The van der Waals surface area contributed by atoms with Crippen molar-refractivity contribution in [3.63, 3.8) is 0 Å². The summed E-state index contributed by atoms with van der Waals surface area (Å²) in [4.78, 5) is 15.8. The maximum absolute atomic E-state index is 11.8. The summed E-state index contributed by atoms with van der Waals surface area (Å²) in [6, 6.07) is 0.0674. The molecule has 0 atom stereocenters. The predicted octanol–water partition coefficient (Wildman–Crippen LogP) is 0.810. The van der Waals surface area contributed by atoms with Crippen molar-refractivity contribution < 1.29 is 4.79 Å². The standard InChI is InChI=1S/C9H17N3OS/c1-2-11(7-8(10)14)9(13)12-5-3-4-6-12/h2-7H2,1H3,(H2,10,14). The number of rotatable bonds is 3. The zero-order valence-corrected chi connectivity index (χ0v) is 9.35. The second-order valence-electron chi connectivity index (χ2n) is 3.46. The van der Waals surface area contributed by atoms with Gasteiger partial charge in [0.1, 0.15) is 0 Å². The summed E-state index contributed by atoms with van der Waals surface area (Å²) in [5, 5.41) is 0. The van der Waals surface area contributed by atoms with E-state index in [1.165, 1.54) is 0 Å². The van der Waals surface area contributed by atoms with Gasteiger partial charge in [-0.15, -0.1) is 0 Å². The maximum atomic E-state index is 11.8. The predicted molar refractivity (Wildman–Crippen MR) is 60.2 cm³/mol. The molecule has 1 fully saturated rings. The number of amides is 2. The third-order valence-electron chi connectivity index (χ3n) is 2.38. The minimum absolute atomic E-state index is 0.0674. The molecule has 0 bridgehead atoms. The first-order valence-electron chi connectivity index (χ1n) is 4.97. The Morgan fingerprint density at radius 2 is 2.07 bits per heavy atom. The fourth-order valence-electron chi connectivity index (χ4n) is 1.61. The average Bonchev–Trinajstić information content (AvgIpc) is 2.65. The summed E-state index contributed by atoms with van der Waals surface area (Å²) < 4.78 is 0. The minimum atomic E-state index is 0.0674. The third-order valence-corrected chi connectivity index (χ3v) is 2.50. The van der Waals surface area contributed by atoms with E-state index >= 15 is 0 Å². The van der Waals surface area contributed by atoms with E-state index in [0.717, 1.165) is 25.9 Å². The molecule has 1 aliphatic rings. The van der Waals surface area contributed by atoms with E-state index in [2.05, 4.69) is 0 Å². The van der Waals surface area contributed by atoms with Gasteiger partial charge in [-0.25, -0.2) is 4.79 Å². The van der Waals surface area contributed by atoms with Crippen molar-refractivity contribution in [1.82, 2.24) is 9.80 Å². The number of nitrogens with two attached hydrogens (primary N) is 1. The number of likely N-dealkylation sites (N-methyl/N-ethyl adjacent to an activating group) is 1. The van der Waals surface area contributed by atoms with Crippen LogP contribution in [0.1, 0.15) is 19.8 Å². The summed E-state index contributed by atoms with van der Waals surface area (Å²) >= 11 is 4.80. The van der Waals surface area contributed by atoms with Gasteiger partial charge in [-0.2, -0.15) is 0 Å². The molecule has 2 N–H and O–H groups in total. The van der Waals surface area contributed by atoms with Crippen LogP contribution in [0.4, 0.5) is 4.79 Å². The molecule has 0 aromatic heterocycles. The summed E-state index contributed by atoms with van der Waals surface area (Å²) in [5.74, 6) is 0. The number of nitrogens with zero attached hydrogens (tertiary/aromatic N) is 2. The van der Waals surface area contributed by atoms with Gasteiger partial charge in [0.25, 0.3) is 0 Å². The number of carbonyl (C=O) groups excluding carboxylic acids is 1. The van der Waals surface area contributed by atoms with Gasteiger partial charge >= 0.3 is 6.03 Å². The van der Waals surface area contributed by atoms with Crippen molar-refractivity contribution in [3.8, 4) is 0 Å². The quantitative estimate of drug-likeness (QED) is 0.709. The number of hydrogen-bond donors (Lipinski definition) is 1. The Hall–Kier alpha value is -0.840. The highest BCUT2D eigenvalue weighted by Gasteiger charge is 2.22. The van der Waals surface area contributed by atoms with Gasteiger partial charge in [0.2, 0.25) is 0 Å². The third kappa shape index (κ3) is 2.83. The van der Waals surface area contributed by atoms with Crippen LogP contribution in [0.2, 0.25) is 0 Å². The van der Waals surface area contributed by atoms with Crippen LogP contribution in [0.3, 0.4) is 0 Å². The lowest BCUT2D eigenvalue weighted by atomic mass is 10.4. The van der Waals surface area contributed by atoms with Gasteiger partial charge in [-0.05, 0) is 19.8 Å². The SMILES string of the molecule is CCN(CC(N)=S)C(=O)N1CCCC1. The molecule has 0 unspecified atom stereocenters. The largest absolute Gasteiger partial charge is 0.392 e. The van der Waals surface area contributed by atoms with Crippen molar-refractivity contribution in [2.75, 3.05) is 26.2 Å². The van der Waals surface area contributed by atoms with Gasteiger partial charge in [0.15, 0.2) is 0 Å². The average molecular weight is 215 g/mol.